The highest BCUT2D eigenvalue weighted by atomic mass is 127. The number of halogens is 1. The van der Waals surface area contributed by atoms with Gasteiger partial charge < -0.3 is 30.3 Å². The number of aliphatic imine (C=N–C) groups is 1. The monoisotopic (exact) mass is 556 g/mol. The third-order valence-corrected chi connectivity index (χ3v) is 4.23. The first kappa shape index (κ1) is 29.7. The predicted octanol–water partition coefficient (Wildman–Crippen LogP) is 0.865. The molecule has 0 aliphatic carbocycles. The molecule has 0 aromatic rings. The second-order valence-corrected chi connectivity index (χ2v) is 8.40. The van der Waals surface area contributed by atoms with Crippen LogP contribution in [0.3, 0.4) is 0 Å². The van der Waals surface area contributed by atoms with Crippen LogP contribution in [0.5, 0.6) is 0 Å². The van der Waals surface area contributed by atoms with Crippen molar-refractivity contribution in [3.8, 4) is 0 Å². The van der Waals surface area contributed by atoms with Crippen LogP contribution in [0.1, 0.15) is 33.6 Å². The molecule has 31 heavy (non-hydrogen) atoms. The number of alkyl carbamates (subject to hydrolysis) is 1. The fourth-order valence-electron chi connectivity index (χ4n) is 2.60. The van der Waals surface area contributed by atoms with Crippen molar-refractivity contribution in [3.05, 3.63) is 0 Å². The van der Waals surface area contributed by atoms with Crippen molar-refractivity contribution in [3.63, 3.8) is 0 Å². The molecule has 0 saturated carbocycles. The maximum Gasteiger partial charge on any atom is 0.407 e. The predicted molar refractivity (Wildman–Crippen MR) is 133 cm³/mol. The Hall–Kier alpha value is -1.34. The summed E-state index contributed by atoms with van der Waals surface area (Å²) in [5, 5.41) is 9.23. The molecule has 1 aliphatic rings. The Labute approximate surface area is 203 Å². The van der Waals surface area contributed by atoms with Crippen molar-refractivity contribution in [2.45, 2.75) is 39.2 Å². The molecule has 0 unspecified atom stereocenters. The summed E-state index contributed by atoms with van der Waals surface area (Å²) in [6, 6.07) is 0. The summed E-state index contributed by atoms with van der Waals surface area (Å²) in [4.78, 5) is 31.8. The smallest absolute Gasteiger partial charge is 0.407 e. The van der Waals surface area contributed by atoms with E-state index >= 15 is 0 Å². The van der Waals surface area contributed by atoms with Gasteiger partial charge in [0.1, 0.15) is 12.1 Å². The molecule has 10 nitrogen and oxygen atoms in total. The highest BCUT2D eigenvalue weighted by Gasteiger charge is 2.15. The van der Waals surface area contributed by atoms with Crippen molar-refractivity contribution in [1.29, 1.82) is 0 Å². The molecular weight excluding hydrogens is 515 g/mol. The number of hydrogen-bond donors (Lipinski definition) is 3. The van der Waals surface area contributed by atoms with Crippen molar-refractivity contribution in [2.75, 3.05) is 73.1 Å². The second kappa shape index (κ2) is 16.3. The molecule has 1 heterocycles. The van der Waals surface area contributed by atoms with E-state index in [4.69, 9.17) is 9.47 Å². The zero-order valence-corrected chi connectivity index (χ0v) is 22.0. The van der Waals surface area contributed by atoms with E-state index in [-0.39, 0.29) is 36.4 Å². The number of carbonyl (C=O) groups is 2. The normalized spacial score (nSPS) is 14.9. The van der Waals surface area contributed by atoms with E-state index in [2.05, 4.69) is 25.8 Å². The Morgan fingerprint density at radius 3 is 2.19 bits per heavy atom. The minimum atomic E-state index is -0.508. The SMILES string of the molecule is CN(C)C(=O)CN=C(NCCCNC(=O)OC(C)(C)C)NCCCN1CCOCC1.I. The number of nitrogens with one attached hydrogen (secondary N) is 3. The van der Waals surface area contributed by atoms with E-state index in [9.17, 15) is 9.59 Å². The van der Waals surface area contributed by atoms with Crippen molar-refractivity contribution in [2.24, 2.45) is 4.99 Å². The number of carbonyl (C=O) groups excluding carboxylic acids is 2. The minimum absolute atomic E-state index is 0. The van der Waals surface area contributed by atoms with Crippen LogP contribution in [0.2, 0.25) is 0 Å². The number of likely N-dealkylation sites (N-methyl/N-ethyl adjacent to an activating group) is 1. The molecule has 1 rings (SSSR count). The number of amides is 2. The standard InChI is InChI=1S/C20H40N6O4.HI/c1-20(2,3)30-19(28)23-9-6-8-21-18(24-16-17(27)25(4)5)22-10-7-11-26-12-14-29-15-13-26;/h6-16H2,1-5H3,(H,23,28)(H2,21,22,24);1H. The molecule has 1 saturated heterocycles. The van der Waals surface area contributed by atoms with Gasteiger partial charge in [0.2, 0.25) is 5.91 Å². The average molecular weight is 556 g/mol. The molecule has 0 bridgehead atoms. The molecule has 2 amide bonds. The van der Waals surface area contributed by atoms with Crippen LogP contribution >= 0.6 is 24.0 Å². The fourth-order valence-corrected chi connectivity index (χ4v) is 2.60. The van der Waals surface area contributed by atoms with Crippen molar-refractivity contribution >= 4 is 41.9 Å². The Bertz CT molecular complexity index is 548. The first-order chi connectivity index (χ1) is 14.2. The van der Waals surface area contributed by atoms with Gasteiger partial charge in [-0.3, -0.25) is 9.69 Å². The maximum atomic E-state index is 11.8. The van der Waals surface area contributed by atoms with Crippen LogP contribution in [-0.2, 0) is 14.3 Å². The van der Waals surface area contributed by atoms with Crippen molar-refractivity contribution in [1.82, 2.24) is 25.8 Å². The molecule has 0 atom stereocenters. The van der Waals surface area contributed by atoms with Crippen LogP contribution in [0.4, 0.5) is 4.79 Å². The largest absolute Gasteiger partial charge is 0.444 e. The highest BCUT2D eigenvalue weighted by molar-refractivity contribution is 14.0. The van der Waals surface area contributed by atoms with Gasteiger partial charge in [0.05, 0.1) is 13.2 Å². The Kier molecular flexibility index (Phi) is 15.6. The first-order valence-electron chi connectivity index (χ1n) is 10.7. The van der Waals surface area contributed by atoms with Gasteiger partial charge in [0.25, 0.3) is 0 Å². The third kappa shape index (κ3) is 16.0. The van der Waals surface area contributed by atoms with E-state index in [0.717, 1.165) is 45.8 Å². The number of ether oxygens (including phenoxy) is 2. The zero-order chi connectivity index (χ0) is 22.4. The van der Waals surface area contributed by atoms with E-state index in [1.54, 1.807) is 14.1 Å². The number of hydrogen-bond acceptors (Lipinski definition) is 6. The van der Waals surface area contributed by atoms with Crippen molar-refractivity contribution < 1.29 is 19.1 Å². The number of morpholine rings is 1. The number of nitrogens with zero attached hydrogens (tertiary/aromatic N) is 3. The van der Waals surface area contributed by atoms with Crippen LogP contribution in [0.25, 0.3) is 0 Å². The summed E-state index contributed by atoms with van der Waals surface area (Å²) in [5.41, 5.74) is -0.508. The second-order valence-electron chi connectivity index (χ2n) is 8.40. The lowest BCUT2D eigenvalue weighted by atomic mass is 10.2. The van der Waals surface area contributed by atoms with E-state index in [1.165, 1.54) is 4.90 Å². The summed E-state index contributed by atoms with van der Waals surface area (Å²) in [6.45, 7) is 12.0. The zero-order valence-electron chi connectivity index (χ0n) is 19.7. The Balaban J connectivity index is 0.00000900. The summed E-state index contributed by atoms with van der Waals surface area (Å²) >= 11 is 0. The number of guanidine groups is 1. The number of rotatable bonds is 10. The maximum absolute atomic E-state index is 11.8. The summed E-state index contributed by atoms with van der Waals surface area (Å²) < 4.78 is 10.6. The molecule has 0 aromatic carbocycles. The minimum Gasteiger partial charge on any atom is -0.444 e. The molecule has 3 N–H and O–H groups in total. The van der Waals surface area contributed by atoms with Gasteiger partial charge in [0, 0.05) is 46.8 Å². The summed E-state index contributed by atoms with van der Waals surface area (Å²) in [7, 11) is 3.42. The topological polar surface area (TPSA) is 108 Å². The quantitative estimate of drug-likeness (QED) is 0.159. The lowest BCUT2D eigenvalue weighted by molar-refractivity contribution is -0.127. The lowest BCUT2D eigenvalue weighted by Crippen LogP contribution is -2.42. The Morgan fingerprint density at radius 2 is 1.61 bits per heavy atom. The van der Waals surface area contributed by atoms with Gasteiger partial charge >= 0.3 is 6.09 Å². The first-order valence-corrected chi connectivity index (χ1v) is 10.7. The molecule has 0 aromatic heterocycles. The molecule has 1 aliphatic heterocycles. The Morgan fingerprint density at radius 1 is 1.03 bits per heavy atom. The average Bonchev–Trinajstić information content (AvgIpc) is 2.67. The molecule has 1 fully saturated rings. The summed E-state index contributed by atoms with van der Waals surface area (Å²) in [5.74, 6) is 0.542. The van der Waals surface area contributed by atoms with Crippen LogP contribution in [0.15, 0.2) is 4.99 Å². The van der Waals surface area contributed by atoms with Crippen LogP contribution < -0.4 is 16.0 Å². The van der Waals surface area contributed by atoms with Gasteiger partial charge in [-0.25, -0.2) is 9.79 Å². The lowest BCUT2D eigenvalue weighted by Gasteiger charge is -2.26. The summed E-state index contributed by atoms with van der Waals surface area (Å²) in [6.07, 6.45) is 1.26. The van der Waals surface area contributed by atoms with Crippen LogP contribution in [-0.4, -0.2) is 106 Å². The van der Waals surface area contributed by atoms with Gasteiger partial charge in [-0.15, -0.1) is 24.0 Å². The van der Waals surface area contributed by atoms with E-state index < -0.39 is 11.7 Å². The van der Waals surface area contributed by atoms with Crippen LogP contribution in [0, 0.1) is 0 Å². The molecular formula is C20H41IN6O4. The fraction of sp³-hybridized carbons (Fsp3) is 0.850. The molecule has 0 spiro atoms. The van der Waals surface area contributed by atoms with Gasteiger partial charge in [-0.2, -0.15) is 0 Å². The molecule has 182 valence electrons. The molecule has 11 heteroatoms. The van der Waals surface area contributed by atoms with E-state index in [0.29, 0.717) is 25.5 Å². The molecule has 0 radical (unpaired) electrons. The van der Waals surface area contributed by atoms with Gasteiger partial charge in [0.15, 0.2) is 5.96 Å². The third-order valence-electron chi connectivity index (χ3n) is 4.23. The van der Waals surface area contributed by atoms with Gasteiger partial charge in [-0.1, -0.05) is 0 Å². The van der Waals surface area contributed by atoms with E-state index in [1.807, 2.05) is 20.8 Å². The highest BCUT2D eigenvalue weighted by Crippen LogP contribution is 2.06. The van der Waals surface area contributed by atoms with Gasteiger partial charge in [-0.05, 0) is 40.2 Å².